The normalized spacial score (nSPS) is 16.5. The predicted octanol–water partition coefficient (Wildman–Crippen LogP) is 5.22. The third-order valence-electron chi connectivity index (χ3n) is 5.99. The molecule has 0 bridgehead atoms. The third kappa shape index (κ3) is 6.31. The van der Waals surface area contributed by atoms with Crippen LogP contribution < -0.4 is 15.4 Å². The molecule has 15 heteroatoms. The van der Waals surface area contributed by atoms with Crippen molar-refractivity contribution in [3.63, 3.8) is 0 Å². The van der Waals surface area contributed by atoms with Crippen molar-refractivity contribution in [2.24, 2.45) is 0 Å². The van der Waals surface area contributed by atoms with Crippen molar-refractivity contribution < 1.29 is 31.8 Å². The van der Waals surface area contributed by atoms with E-state index in [1.54, 1.807) is 0 Å². The van der Waals surface area contributed by atoms with Crippen LogP contribution in [-0.2, 0) is 9.53 Å². The van der Waals surface area contributed by atoms with E-state index in [1.165, 1.54) is 0 Å². The molecule has 2 atom stereocenters. The maximum Gasteiger partial charge on any atom is 0.573 e. The highest BCUT2D eigenvalue weighted by Gasteiger charge is 2.32. The molecule has 0 unspecified atom stereocenters. The van der Waals surface area contributed by atoms with E-state index in [-0.39, 0.29) is 11.2 Å². The zero-order chi connectivity index (χ0) is 27.6. The Bertz CT molecular complexity index is 1520. The highest BCUT2D eigenvalue weighted by atomic mass is 32.1. The molecule has 0 aliphatic heterocycles. The molecule has 0 saturated carbocycles. The lowest BCUT2D eigenvalue weighted by atomic mass is 9.93. The number of methoxy groups -OCH3 is 1. The van der Waals surface area contributed by atoms with Crippen LogP contribution in [0.2, 0.25) is 0 Å². The summed E-state index contributed by atoms with van der Waals surface area (Å²) in [6, 6.07) is 6.34. The van der Waals surface area contributed by atoms with E-state index in [1.807, 2.05) is 18.3 Å². The largest absolute Gasteiger partial charge is 0.573 e. The van der Waals surface area contributed by atoms with Gasteiger partial charge in [-0.1, -0.05) is 17.4 Å². The summed E-state index contributed by atoms with van der Waals surface area (Å²) in [6.07, 6.45) is -0.319. The standard InChI is InChI=1S/C24H21F4N7O3S/c1-37-19(16-11-15(6-7-17(16)25)38-24(26,27)28)21(36)31-23-35-34-22(39-23)30-14-4-2-12(3-5-14)18-10-13-8-9-29-20(13)33-32-18/h2,6-11,14,19H,3-5H2,1H3,(H,29,33)(H,30,34)(H,31,35,36)/t14-,19-/m1/s1. The molecule has 3 aromatic heterocycles. The molecule has 1 amide bonds. The molecule has 3 N–H and O–H groups in total. The first kappa shape index (κ1) is 26.5. The lowest BCUT2D eigenvalue weighted by Crippen LogP contribution is -2.24. The fraction of sp³-hybridized carbons (Fsp3) is 0.292. The van der Waals surface area contributed by atoms with Crippen LogP contribution in [0.15, 0.2) is 42.6 Å². The van der Waals surface area contributed by atoms with Gasteiger partial charge in [-0.15, -0.1) is 33.6 Å². The Kier molecular flexibility index (Phi) is 7.43. The maximum atomic E-state index is 14.3. The number of amides is 1. The minimum atomic E-state index is -4.98. The molecule has 4 aromatic rings. The quantitative estimate of drug-likeness (QED) is 0.249. The van der Waals surface area contributed by atoms with Crippen molar-refractivity contribution in [1.29, 1.82) is 0 Å². The number of hydrogen-bond donors (Lipinski definition) is 3. The highest BCUT2D eigenvalue weighted by molar-refractivity contribution is 7.19. The van der Waals surface area contributed by atoms with Crippen LogP contribution in [0.1, 0.15) is 36.6 Å². The summed E-state index contributed by atoms with van der Waals surface area (Å²) in [5.41, 5.74) is 2.25. The molecule has 39 heavy (non-hydrogen) atoms. The summed E-state index contributed by atoms with van der Waals surface area (Å²) >= 11 is 1.06. The van der Waals surface area contributed by atoms with Gasteiger partial charge >= 0.3 is 6.36 Å². The van der Waals surface area contributed by atoms with Gasteiger partial charge in [0.2, 0.25) is 10.3 Å². The van der Waals surface area contributed by atoms with Crippen molar-refractivity contribution in [2.45, 2.75) is 37.8 Å². The van der Waals surface area contributed by atoms with Gasteiger partial charge < -0.3 is 19.8 Å². The van der Waals surface area contributed by atoms with Crippen LogP contribution in [0.5, 0.6) is 5.75 Å². The molecule has 204 valence electrons. The van der Waals surface area contributed by atoms with Gasteiger partial charge in [0.15, 0.2) is 11.8 Å². The topological polar surface area (TPSA) is 127 Å². The van der Waals surface area contributed by atoms with E-state index in [2.05, 4.69) is 46.8 Å². The molecule has 0 radical (unpaired) electrons. The van der Waals surface area contributed by atoms with Crippen LogP contribution in [0.3, 0.4) is 0 Å². The Labute approximate surface area is 222 Å². The number of benzene rings is 1. The van der Waals surface area contributed by atoms with Crippen molar-refractivity contribution in [2.75, 3.05) is 17.7 Å². The second-order valence-electron chi connectivity index (χ2n) is 8.60. The summed E-state index contributed by atoms with van der Waals surface area (Å²) in [7, 11) is 1.13. The molecule has 0 spiro atoms. The van der Waals surface area contributed by atoms with E-state index >= 15 is 0 Å². The number of aromatic amines is 1. The Morgan fingerprint density at radius 3 is 2.72 bits per heavy atom. The molecule has 1 aromatic carbocycles. The van der Waals surface area contributed by atoms with Crippen LogP contribution >= 0.6 is 11.3 Å². The number of nitrogens with one attached hydrogen (secondary N) is 3. The third-order valence-corrected chi connectivity index (χ3v) is 6.76. The van der Waals surface area contributed by atoms with Gasteiger partial charge in [-0.05, 0) is 55.2 Å². The first-order valence-electron chi connectivity index (χ1n) is 11.7. The zero-order valence-corrected chi connectivity index (χ0v) is 21.1. The molecular formula is C24H21F4N7O3S. The fourth-order valence-electron chi connectivity index (χ4n) is 4.18. The van der Waals surface area contributed by atoms with E-state index in [0.29, 0.717) is 11.6 Å². The number of halogens is 4. The van der Waals surface area contributed by atoms with Gasteiger partial charge in [-0.3, -0.25) is 10.1 Å². The van der Waals surface area contributed by atoms with Gasteiger partial charge in [0.25, 0.3) is 5.91 Å². The summed E-state index contributed by atoms with van der Waals surface area (Å²) in [5.74, 6) is -2.46. The predicted molar refractivity (Wildman–Crippen MR) is 134 cm³/mol. The first-order valence-corrected chi connectivity index (χ1v) is 12.5. The number of hydrogen-bond acceptors (Lipinski definition) is 9. The van der Waals surface area contributed by atoms with Crippen LogP contribution in [0.25, 0.3) is 16.6 Å². The maximum absolute atomic E-state index is 14.3. The average Bonchev–Trinajstić information content (AvgIpc) is 3.54. The lowest BCUT2D eigenvalue weighted by Gasteiger charge is -2.22. The van der Waals surface area contributed by atoms with Gasteiger partial charge in [0.1, 0.15) is 11.6 Å². The number of rotatable bonds is 8. The molecular weight excluding hydrogens is 542 g/mol. The fourth-order valence-corrected chi connectivity index (χ4v) is 4.91. The number of allylic oxidation sites excluding steroid dienone is 1. The van der Waals surface area contributed by atoms with E-state index in [0.717, 1.165) is 71.8 Å². The Morgan fingerprint density at radius 2 is 1.97 bits per heavy atom. The van der Waals surface area contributed by atoms with Gasteiger partial charge in [0.05, 0.1) is 5.69 Å². The van der Waals surface area contributed by atoms with Crippen molar-refractivity contribution in [3.8, 4) is 5.75 Å². The van der Waals surface area contributed by atoms with Gasteiger partial charge in [-0.2, -0.15) is 0 Å². The Balaban J connectivity index is 1.20. The SMILES string of the molecule is CO[C@@H](C(=O)Nc1nnc(N[C@@H]2CC=C(c3cc4cc[nH]c4nn3)CC2)s1)c1cc(OC(F)(F)F)ccc1F. The van der Waals surface area contributed by atoms with E-state index in [4.69, 9.17) is 4.74 Å². The smallest absolute Gasteiger partial charge is 0.406 e. The average molecular weight is 564 g/mol. The summed E-state index contributed by atoms with van der Waals surface area (Å²) in [6.45, 7) is 0. The number of anilines is 2. The summed E-state index contributed by atoms with van der Waals surface area (Å²) < 4.78 is 60.9. The number of ether oxygens (including phenoxy) is 2. The molecule has 3 heterocycles. The number of H-pyrrole nitrogens is 1. The van der Waals surface area contributed by atoms with Crippen molar-refractivity contribution in [1.82, 2.24) is 25.4 Å². The molecule has 0 saturated heterocycles. The van der Waals surface area contributed by atoms with Gasteiger partial charge in [0, 0.05) is 30.3 Å². The molecule has 5 rings (SSSR count). The number of carbonyl (C=O) groups excluding carboxylic acids is 1. The number of alkyl halides is 3. The molecule has 0 fully saturated rings. The van der Waals surface area contributed by atoms with E-state index < -0.39 is 35.5 Å². The summed E-state index contributed by atoms with van der Waals surface area (Å²) in [4.78, 5) is 15.8. The number of carbonyl (C=O) groups is 1. The highest BCUT2D eigenvalue weighted by Crippen LogP contribution is 2.32. The van der Waals surface area contributed by atoms with Crippen molar-refractivity contribution in [3.05, 3.63) is 59.7 Å². The summed E-state index contributed by atoms with van der Waals surface area (Å²) in [5, 5.41) is 23.7. The number of nitrogens with zero attached hydrogens (tertiary/aromatic N) is 4. The van der Waals surface area contributed by atoms with E-state index in [9.17, 15) is 22.4 Å². The monoisotopic (exact) mass is 563 g/mol. The van der Waals surface area contributed by atoms with Crippen LogP contribution in [-0.4, -0.2) is 50.8 Å². The zero-order valence-electron chi connectivity index (χ0n) is 20.3. The minimum absolute atomic E-state index is 0.0754. The molecule has 1 aliphatic rings. The minimum Gasteiger partial charge on any atom is -0.406 e. The lowest BCUT2D eigenvalue weighted by molar-refractivity contribution is -0.274. The van der Waals surface area contributed by atoms with Gasteiger partial charge in [-0.25, -0.2) is 4.39 Å². The number of fused-ring (bicyclic) bond motifs is 1. The number of aromatic nitrogens is 5. The molecule has 1 aliphatic carbocycles. The van der Waals surface area contributed by atoms with Crippen LogP contribution in [0.4, 0.5) is 27.8 Å². The second kappa shape index (κ2) is 10.9. The Hall–Kier alpha value is -4.11. The molecule has 10 nitrogen and oxygen atoms in total. The van der Waals surface area contributed by atoms with Crippen molar-refractivity contribution >= 4 is 44.1 Å². The van der Waals surface area contributed by atoms with Crippen LogP contribution in [0, 0.1) is 5.82 Å². The Morgan fingerprint density at radius 1 is 1.15 bits per heavy atom. The second-order valence-corrected chi connectivity index (χ2v) is 9.58. The first-order chi connectivity index (χ1) is 18.7.